The lowest BCUT2D eigenvalue weighted by Gasteiger charge is -2.06. The summed E-state index contributed by atoms with van der Waals surface area (Å²) < 4.78 is 12.1. The molecule has 94 valence electrons. The summed E-state index contributed by atoms with van der Waals surface area (Å²) in [5, 5.41) is 0. The van der Waals surface area contributed by atoms with Crippen LogP contribution in [-0.2, 0) is 22.3 Å². The van der Waals surface area contributed by atoms with Crippen LogP contribution >= 0.6 is 0 Å². The quantitative estimate of drug-likeness (QED) is 0.816. The number of aryl methyl sites for hydroxylation is 2. The Morgan fingerprint density at radius 2 is 1.56 bits per heavy atom. The summed E-state index contributed by atoms with van der Waals surface area (Å²) >= 11 is 0. The van der Waals surface area contributed by atoms with Crippen LogP contribution in [0.5, 0.6) is 0 Å². The minimum absolute atomic E-state index is 0.634. The monoisotopic (exact) mass is 258 g/mol. The van der Waals surface area contributed by atoms with Gasteiger partial charge in [-0.25, -0.2) is 0 Å². The van der Waals surface area contributed by atoms with Gasteiger partial charge in [0.25, 0.3) is 0 Å². The van der Waals surface area contributed by atoms with E-state index in [1.165, 1.54) is 16.7 Å². The van der Waals surface area contributed by atoms with Gasteiger partial charge in [-0.15, -0.1) is 0 Å². The van der Waals surface area contributed by atoms with Gasteiger partial charge in [0.1, 0.15) is 0 Å². The molecule has 0 fully saturated rings. The molecular formula is C16H18OS. The predicted molar refractivity (Wildman–Crippen MR) is 77.9 cm³/mol. The summed E-state index contributed by atoms with van der Waals surface area (Å²) in [6.45, 7) is 4.13. The fourth-order valence-electron chi connectivity index (χ4n) is 1.87. The van der Waals surface area contributed by atoms with Crippen LogP contribution in [0, 0.1) is 13.8 Å². The molecule has 0 radical (unpaired) electrons. The topological polar surface area (TPSA) is 17.1 Å². The minimum atomic E-state index is -0.839. The standard InChI is InChI=1S/C16H18OS/c1-13-7-9-15(10-8-13)11-18(17)12-16-6-4-3-5-14(16)2/h3-10H,11-12H2,1-2H3. The van der Waals surface area contributed by atoms with Gasteiger partial charge in [0.05, 0.1) is 0 Å². The van der Waals surface area contributed by atoms with Crippen LogP contribution in [0.2, 0.25) is 0 Å². The molecule has 2 rings (SSSR count). The van der Waals surface area contributed by atoms with E-state index in [1.54, 1.807) is 0 Å². The van der Waals surface area contributed by atoms with E-state index in [4.69, 9.17) is 0 Å². The van der Waals surface area contributed by atoms with Crippen LogP contribution in [-0.4, -0.2) is 4.21 Å². The number of benzene rings is 2. The molecule has 0 spiro atoms. The van der Waals surface area contributed by atoms with E-state index < -0.39 is 10.8 Å². The van der Waals surface area contributed by atoms with Gasteiger partial charge < -0.3 is 0 Å². The van der Waals surface area contributed by atoms with Crippen molar-refractivity contribution in [3.05, 3.63) is 70.8 Å². The van der Waals surface area contributed by atoms with Crippen molar-refractivity contribution in [1.29, 1.82) is 0 Å². The normalized spacial score (nSPS) is 12.3. The molecule has 0 saturated heterocycles. The summed E-state index contributed by atoms with van der Waals surface area (Å²) in [5.74, 6) is 1.27. The Morgan fingerprint density at radius 1 is 0.889 bits per heavy atom. The zero-order valence-electron chi connectivity index (χ0n) is 10.8. The van der Waals surface area contributed by atoms with E-state index in [0.717, 1.165) is 5.56 Å². The number of rotatable bonds is 4. The van der Waals surface area contributed by atoms with E-state index >= 15 is 0 Å². The van der Waals surface area contributed by atoms with Gasteiger partial charge in [-0.2, -0.15) is 0 Å². The summed E-state index contributed by atoms with van der Waals surface area (Å²) in [6, 6.07) is 16.4. The summed E-state index contributed by atoms with van der Waals surface area (Å²) in [4.78, 5) is 0. The molecule has 1 atom stereocenters. The molecule has 1 nitrogen and oxygen atoms in total. The second-order valence-electron chi connectivity index (χ2n) is 4.64. The molecule has 0 N–H and O–H groups in total. The highest BCUT2D eigenvalue weighted by Crippen LogP contribution is 2.13. The molecule has 0 aliphatic rings. The molecule has 2 aromatic rings. The third kappa shape index (κ3) is 3.54. The highest BCUT2D eigenvalue weighted by molar-refractivity contribution is 7.83. The maximum atomic E-state index is 12.1. The van der Waals surface area contributed by atoms with Crippen molar-refractivity contribution in [2.24, 2.45) is 0 Å². The van der Waals surface area contributed by atoms with Crippen molar-refractivity contribution in [2.45, 2.75) is 25.4 Å². The van der Waals surface area contributed by atoms with Gasteiger partial charge in [-0.1, -0.05) is 54.1 Å². The van der Waals surface area contributed by atoms with E-state index in [2.05, 4.69) is 50.2 Å². The third-order valence-electron chi connectivity index (χ3n) is 3.03. The van der Waals surface area contributed by atoms with E-state index in [-0.39, 0.29) is 0 Å². The lowest BCUT2D eigenvalue weighted by molar-refractivity contribution is 0.682. The molecule has 2 heteroatoms. The zero-order chi connectivity index (χ0) is 13.0. The van der Waals surface area contributed by atoms with Gasteiger partial charge in [0.2, 0.25) is 0 Å². The lowest BCUT2D eigenvalue weighted by Crippen LogP contribution is -2.01. The Labute approximate surface area is 111 Å². The fourth-order valence-corrected chi connectivity index (χ4v) is 3.20. The van der Waals surface area contributed by atoms with Gasteiger partial charge in [0, 0.05) is 22.3 Å². The van der Waals surface area contributed by atoms with Crippen molar-refractivity contribution >= 4 is 10.8 Å². The Morgan fingerprint density at radius 3 is 2.22 bits per heavy atom. The minimum Gasteiger partial charge on any atom is -0.259 e. The largest absolute Gasteiger partial charge is 0.259 e. The van der Waals surface area contributed by atoms with Crippen LogP contribution in [0.15, 0.2) is 48.5 Å². The number of hydrogen-bond donors (Lipinski definition) is 0. The zero-order valence-corrected chi connectivity index (χ0v) is 11.7. The molecule has 0 saturated carbocycles. The maximum absolute atomic E-state index is 12.1. The fraction of sp³-hybridized carbons (Fsp3) is 0.250. The van der Waals surface area contributed by atoms with Gasteiger partial charge in [-0.3, -0.25) is 4.21 Å². The van der Waals surface area contributed by atoms with Crippen LogP contribution in [0.4, 0.5) is 0 Å². The van der Waals surface area contributed by atoms with Crippen molar-refractivity contribution in [1.82, 2.24) is 0 Å². The molecule has 0 heterocycles. The first-order valence-electron chi connectivity index (χ1n) is 6.10. The SMILES string of the molecule is Cc1ccc(CS(=O)Cc2ccccc2C)cc1. The van der Waals surface area contributed by atoms with Crippen LogP contribution in [0.3, 0.4) is 0 Å². The van der Waals surface area contributed by atoms with Gasteiger partial charge in [0.15, 0.2) is 0 Å². The molecule has 0 amide bonds. The Hall–Kier alpha value is -1.41. The first kappa shape index (κ1) is 13.0. The third-order valence-corrected chi connectivity index (χ3v) is 4.31. The molecule has 1 unspecified atom stereocenters. The van der Waals surface area contributed by atoms with Crippen LogP contribution < -0.4 is 0 Å². The molecule has 2 aromatic carbocycles. The highest BCUT2D eigenvalue weighted by Gasteiger charge is 2.05. The summed E-state index contributed by atoms with van der Waals surface area (Å²) in [7, 11) is -0.839. The maximum Gasteiger partial charge on any atom is 0.0491 e. The molecule has 0 aromatic heterocycles. The first-order valence-corrected chi connectivity index (χ1v) is 7.59. The van der Waals surface area contributed by atoms with Crippen molar-refractivity contribution in [2.75, 3.05) is 0 Å². The van der Waals surface area contributed by atoms with Crippen LogP contribution in [0.1, 0.15) is 22.3 Å². The molecule has 0 bridgehead atoms. The second kappa shape index (κ2) is 5.96. The van der Waals surface area contributed by atoms with Crippen molar-refractivity contribution < 1.29 is 4.21 Å². The van der Waals surface area contributed by atoms with E-state index in [9.17, 15) is 4.21 Å². The van der Waals surface area contributed by atoms with E-state index in [0.29, 0.717) is 11.5 Å². The van der Waals surface area contributed by atoms with Gasteiger partial charge in [-0.05, 0) is 30.5 Å². The number of hydrogen-bond acceptors (Lipinski definition) is 1. The Balaban J connectivity index is 2.01. The second-order valence-corrected chi connectivity index (χ2v) is 6.10. The average molecular weight is 258 g/mol. The Kier molecular flexibility index (Phi) is 4.32. The molecule has 18 heavy (non-hydrogen) atoms. The smallest absolute Gasteiger partial charge is 0.0491 e. The molecular weight excluding hydrogens is 240 g/mol. The highest BCUT2D eigenvalue weighted by atomic mass is 32.2. The molecule has 0 aliphatic heterocycles. The summed E-state index contributed by atoms with van der Waals surface area (Å²) in [6.07, 6.45) is 0. The predicted octanol–water partition coefficient (Wildman–Crippen LogP) is 3.75. The van der Waals surface area contributed by atoms with Crippen molar-refractivity contribution in [3.63, 3.8) is 0 Å². The van der Waals surface area contributed by atoms with E-state index in [1.807, 2.05) is 12.1 Å². The average Bonchev–Trinajstić information content (AvgIpc) is 2.35. The summed E-state index contributed by atoms with van der Waals surface area (Å²) in [5.41, 5.74) is 4.79. The van der Waals surface area contributed by atoms with Gasteiger partial charge >= 0.3 is 0 Å². The van der Waals surface area contributed by atoms with Crippen molar-refractivity contribution in [3.8, 4) is 0 Å². The Bertz CT molecular complexity index is 543. The lowest BCUT2D eigenvalue weighted by atomic mass is 10.1. The van der Waals surface area contributed by atoms with Crippen LogP contribution in [0.25, 0.3) is 0 Å². The molecule has 0 aliphatic carbocycles. The first-order chi connectivity index (χ1) is 8.65.